The van der Waals surface area contributed by atoms with Gasteiger partial charge in [-0.25, -0.2) is 24.6 Å². The average Bonchev–Trinajstić information content (AvgIpc) is 3.63. The van der Waals surface area contributed by atoms with Gasteiger partial charge in [-0.15, -0.1) is 0 Å². The SMILES string of the molecule is Nc1ncnc2c1nc(Cl)n2[C@H]1CC[C@@H](COP(=O)(NCC(=O)OCc2ccccc2)Oc2cccc3ccccc23)O1. The van der Waals surface area contributed by atoms with Crippen LogP contribution in [0, 0.1) is 0 Å². The van der Waals surface area contributed by atoms with Gasteiger partial charge in [-0.05, 0) is 41.5 Å². The summed E-state index contributed by atoms with van der Waals surface area (Å²) < 4.78 is 39.0. The summed E-state index contributed by atoms with van der Waals surface area (Å²) in [7, 11) is -4.10. The smallest absolute Gasteiger partial charge is 0.459 e. The minimum atomic E-state index is -4.10. The highest BCUT2D eigenvalue weighted by Crippen LogP contribution is 2.47. The first-order valence-electron chi connectivity index (χ1n) is 13.5. The minimum absolute atomic E-state index is 0.0794. The fraction of sp³-hybridized carbons (Fsp3) is 0.241. The van der Waals surface area contributed by atoms with Crippen LogP contribution in [0.3, 0.4) is 0 Å². The van der Waals surface area contributed by atoms with Gasteiger partial charge in [0, 0.05) is 5.39 Å². The first-order chi connectivity index (χ1) is 20.9. The van der Waals surface area contributed by atoms with Crippen LogP contribution in [0.1, 0.15) is 24.6 Å². The predicted molar refractivity (Wildman–Crippen MR) is 160 cm³/mol. The molecule has 0 bridgehead atoms. The zero-order chi connectivity index (χ0) is 29.8. The number of halogens is 1. The summed E-state index contributed by atoms with van der Waals surface area (Å²) >= 11 is 6.39. The number of carbonyl (C=O) groups is 1. The standard InChI is InChI=1S/C29H28ClN6O6P/c30-29-35-26-27(31)32-18-33-28(26)36(29)24-14-13-21(41-24)17-40-43(38,34-15-25(37)39-16-19-7-2-1-3-8-19)42-23-12-6-10-20-9-4-5-11-22(20)23/h1-12,18,21,24H,13-17H2,(H,34,38)(H2,31,32,33)/t21-,24+,43?/m0/s1. The van der Waals surface area contributed by atoms with E-state index in [2.05, 4.69) is 20.0 Å². The van der Waals surface area contributed by atoms with Crippen molar-refractivity contribution in [3.8, 4) is 5.75 Å². The van der Waals surface area contributed by atoms with E-state index in [0.717, 1.165) is 16.3 Å². The Morgan fingerprint density at radius 1 is 1.07 bits per heavy atom. The molecule has 43 heavy (non-hydrogen) atoms. The number of hydrogen-bond acceptors (Lipinski definition) is 10. The van der Waals surface area contributed by atoms with E-state index in [1.165, 1.54) is 6.33 Å². The number of ether oxygens (including phenoxy) is 2. The second-order valence-corrected chi connectivity index (χ2v) is 11.9. The lowest BCUT2D eigenvalue weighted by Gasteiger charge is -2.22. The number of benzene rings is 3. The lowest BCUT2D eigenvalue weighted by Crippen LogP contribution is -2.27. The number of carbonyl (C=O) groups excluding carboxylic acids is 1. The highest BCUT2D eigenvalue weighted by Gasteiger charge is 2.35. The summed E-state index contributed by atoms with van der Waals surface area (Å²) in [5, 5.41) is 4.45. The molecule has 1 fully saturated rings. The van der Waals surface area contributed by atoms with Gasteiger partial charge >= 0.3 is 13.7 Å². The molecule has 12 nitrogen and oxygen atoms in total. The Hall–Kier alpha value is -4.06. The Bertz CT molecular complexity index is 1800. The topological polar surface area (TPSA) is 153 Å². The van der Waals surface area contributed by atoms with Gasteiger partial charge in [0.15, 0.2) is 17.0 Å². The van der Waals surface area contributed by atoms with E-state index in [-0.39, 0.29) is 24.3 Å². The van der Waals surface area contributed by atoms with Crippen molar-refractivity contribution in [3.63, 3.8) is 0 Å². The van der Waals surface area contributed by atoms with Crippen LogP contribution in [-0.4, -0.2) is 44.7 Å². The van der Waals surface area contributed by atoms with Crippen molar-refractivity contribution >= 4 is 53.1 Å². The first-order valence-corrected chi connectivity index (χ1v) is 15.5. The number of nitrogens with zero attached hydrogens (tertiary/aromatic N) is 4. The number of imidazole rings is 1. The highest BCUT2D eigenvalue weighted by molar-refractivity contribution is 7.52. The molecule has 1 unspecified atom stereocenters. The van der Waals surface area contributed by atoms with Crippen molar-refractivity contribution in [3.05, 3.63) is 90.0 Å². The molecule has 0 spiro atoms. The first kappa shape index (κ1) is 29.0. The van der Waals surface area contributed by atoms with Crippen LogP contribution >= 0.6 is 19.3 Å². The predicted octanol–water partition coefficient (Wildman–Crippen LogP) is 5.43. The number of nitrogens with two attached hydrogens (primary N) is 1. The molecule has 6 rings (SSSR count). The van der Waals surface area contributed by atoms with Crippen molar-refractivity contribution in [1.82, 2.24) is 24.6 Å². The van der Waals surface area contributed by atoms with E-state index in [1.807, 2.05) is 60.7 Å². The van der Waals surface area contributed by atoms with Gasteiger partial charge in [-0.3, -0.25) is 13.9 Å². The molecule has 1 saturated heterocycles. The number of fused-ring (bicyclic) bond motifs is 2. The number of nitrogen functional groups attached to an aromatic ring is 1. The van der Waals surface area contributed by atoms with Gasteiger partial charge in [0.1, 0.15) is 31.5 Å². The third-order valence-corrected chi connectivity index (χ3v) is 8.63. The molecule has 0 saturated carbocycles. The molecule has 3 aromatic carbocycles. The van der Waals surface area contributed by atoms with Crippen molar-refractivity contribution < 1.29 is 27.9 Å². The van der Waals surface area contributed by atoms with Gasteiger partial charge < -0.3 is 19.7 Å². The number of nitrogens with one attached hydrogen (secondary N) is 1. The van der Waals surface area contributed by atoms with Gasteiger partial charge in [0.05, 0.1) is 12.7 Å². The zero-order valence-electron chi connectivity index (χ0n) is 22.8. The van der Waals surface area contributed by atoms with Crippen LogP contribution in [0.25, 0.3) is 21.9 Å². The third-order valence-electron chi connectivity index (χ3n) is 6.89. The van der Waals surface area contributed by atoms with Crippen LogP contribution in [0.4, 0.5) is 5.82 Å². The molecule has 5 aromatic rings. The number of aromatic nitrogens is 4. The molecule has 1 aliphatic heterocycles. The maximum absolute atomic E-state index is 14.1. The zero-order valence-corrected chi connectivity index (χ0v) is 24.5. The molecule has 3 N–H and O–H groups in total. The molecular formula is C29H28ClN6O6P. The monoisotopic (exact) mass is 622 g/mol. The van der Waals surface area contributed by atoms with E-state index >= 15 is 0 Å². The van der Waals surface area contributed by atoms with E-state index < -0.39 is 32.6 Å². The van der Waals surface area contributed by atoms with E-state index in [9.17, 15) is 9.36 Å². The van der Waals surface area contributed by atoms with Gasteiger partial charge in [-0.1, -0.05) is 66.7 Å². The molecule has 2 aromatic heterocycles. The second kappa shape index (κ2) is 12.7. The maximum atomic E-state index is 14.1. The number of hydrogen-bond donors (Lipinski definition) is 2. The summed E-state index contributed by atoms with van der Waals surface area (Å²) in [5.41, 5.74) is 7.58. The Morgan fingerprint density at radius 2 is 1.86 bits per heavy atom. The molecular weight excluding hydrogens is 595 g/mol. The van der Waals surface area contributed by atoms with E-state index in [1.54, 1.807) is 16.7 Å². The lowest BCUT2D eigenvalue weighted by molar-refractivity contribution is -0.143. The number of anilines is 1. The summed E-state index contributed by atoms with van der Waals surface area (Å²) in [6.45, 7) is -0.414. The summed E-state index contributed by atoms with van der Waals surface area (Å²) in [6.07, 6.45) is 1.50. The maximum Gasteiger partial charge on any atom is 0.459 e. The molecule has 0 radical (unpaired) electrons. The van der Waals surface area contributed by atoms with Gasteiger partial charge in [0.2, 0.25) is 5.28 Å². The van der Waals surface area contributed by atoms with Crippen LogP contribution < -0.4 is 15.3 Å². The molecule has 0 amide bonds. The Morgan fingerprint density at radius 3 is 2.72 bits per heavy atom. The van der Waals surface area contributed by atoms with Crippen LogP contribution in [0.15, 0.2) is 79.1 Å². The molecule has 14 heteroatoms. The Kier molecular flexibility index (Phi) is 8.55. The Balaban J connectivity index is 1.15. The van der Waals surface area contributed by atoms with E-state index in [0.29, 0.717) is 29.8 Å². The van der Waals surface area contributed by atoms with Gasteiger partial charge in [0.25, 0.3) is 0 Å². The average molecular weight is 623 g/mol. The molecule has 1 aliphatic rings. The normalized spacial score (nSPS) is 18.1. The highest BCUT2D eigenvalue weighted by atomic mass is 35.5. The van der Waals surface area contributed by atoms with E-state index in [4.69, 9.17) is 35.9 Å². The summed E-state index contributed by atoms with van der Waals surface area (Å²) in [5.74, 6) is -0.0663. The van der Waals surface area contributed by atoms with Crippen molar-refractivity contribution in [2.75, 3.05) is 18.9 Å². The number of rotatable bonds is 11. The van der Waals surface area contributed by atoms with Crippen molar-refractivity contribution in [2.24, 2.45) is 0 Å². The van der Waals surface area contributed by atoms with Crippen molar-refractivity contribution in [1.29, 1.82) is 0 Å². The van der Waals surface area contributed by atoms with Crippen LogP contribution in [0.5, 0.6) is 5.75 Å². The number of esters is 1. The van der Waals surface area contributed by atoms with Crippen LogP contribution in [0.2, 0.25) is 5.28 Å². The largest absolute Gasteiger partial charge is 0.460 e. The van der Waals surface area contributed by atoms with Gasteiger partial charge in [-0.2, -0.15) is 0 Å². The molecule has 3 atom stereocenters. The van der Waals surface area contributed by atoms with Crippen LogP contribution in [-0.2, 0) is 30.0 Å². The fourth-order valence-electron chi connectivity index (χ4n) is 4.79. The molecule has 0 aliphatic carbocycles. The lowest BCUT2D eigenvalue weighted by atomic mass is 10.1. The molecule has 3 heterocycles. The molecule has 222 valence electrons. The minimum Gasteiger partial charge on any atom is -0.460 e. The fourth-order valence-corrected chi connectivity index (χ4v) is 6.38. The summed E-state index contributed by atoms with van der Waals surface area (Å²) in [6, 6.07) is 22.2. The Labute approximate surface area is 251 Å². The van der Waals surface area contributed by atoms with Crippen molar-refractivity contribution in [2.45, 2.75) is 31.8 Å². The third kappa shape index (κ3) is 6.64. The quantitative estimate of drug-likeness (QED) is 0.110. The second-order valence-electron chi connectivity index (χ2n) is 9.82. The summed E-state index contributed by atoms with van der Waals surface area (Å²) in [4.78, 5) is 25.0.